The molecule has 5 nitrogen and oxygen atoms in total. The van der Waals surface area contributed by atoms with Crippen molar-refractivity contribution in [2.75, 3.05) is 0 Å². The number of amides is 2. The largest absolute Gasteiger partial charge is 0.370 e. The fourth-order valence-corrected chi connectivity index (χ4v) is 1.60. The SMILES string of the molecule is CCCCCCCC(=O)N[C@@H]([C]=O)CCC(N)=O. The predicted octanol–water partition coefficient (Wildman–Crippen LogP) is 1.21. The number of hydrogen-bond donors (Lipinski definition) is 2. The van der Waals surface area contributed by atoms with Gasteiger partial charge in [0, 0.05) is 12.8 Å². The molecular formula is C13H23N2O3. The van der Waals surface area contributed by atoms with Gasteiger partial charge in [0.05, 0.1) is 6.04 Å². The van der Waals surface area contributed by atoms with Crippen LogP contribution >= 0.6 is 0 Å². The van der Waals surface area contributed by atoms with Crippen molar-refractivity contribution in [1.82, 2.24) is 5.32 Å². The molecule has 103 valence electrons. The lowest BCUT2D eigenvalue weighted by molar-refractivity contribution is -0.122. The summed E-state index contributed by atoms with van der Waals surface area (Å²) >= 11 is 0. The summed E-state index contributed by atoms with van der Waals surface area (Å²) < 4.78 is 0. The number of nitrogens with one attached hydrogen (secondary N) is 1. The Hall–Kier alpha value is -1.39. The fourth-order valence-electron chi connectivity index (χ4n) is 1.60. The Balaban J connectivity index is 3.69. The Morgan fingerprint density at radius 1 is 1.17 bits per heavy atom. The number of carbonyl (C=O) groups excluding carboxylic acids is 3. The lowest BCUT2D eigenvalue weighted by Crippen LogP contribution is -2.36. The van der Waals surface area contributed by atoms with Crippen LogP contribution in [0.15, 0.2) is 0 Å². The van der Waals surface area contributed by atoms with Crippen molar-refractivity contribution in [2.24, 2.45) is 5.73 Å². The maximum atomic E-state index is 11.5. The van der Waals surface area contributed by atoms with Crippen LogP contribution in [0.25, 0.3) is 0 Å². The molecule has 1 atom stereocenters. The van der Waals surface area contributed by atoms with Crippen LogP contribution in [0.4, 0.5) is 0 Å². The van der Waals surface area contributed by atoms with Crippen molar-refractivity contribution >= 4 is 18.1 Å². The topological polar surface area (TPSA) is 89.3 Å². The van der Waals surface area contributed by atoms with Crippen LogP contribution < -0.4 is 11.1 Å². The van der Waals surface area contributed by atoms with Gasteiger partial charge in [-0.3, -0.25) is 14.4 Å². The van der Waals surface area contributed by atoms with E-state index in [0.29, 0.717) is 6.42 Å². The number of primary amides is 1. The van der Waals surface area contributed by atoms with Crippen molar-refractivity contribution in [3.8, 4) is 0 Å². The minimum Gasteiger partial charge on any atom is -0.370 e. The molecule has 0 spiro atoms. The number of rotatable bonds is 11. The molecule has 18 heavy (non-hydrogen) atoms. The molecular weight excluding hydrogens is 232 g/mol. The number of nitrogens with two attached hydrogens (primary N) is 1. The van der Waals surface area contributed by atoms with Gasteiger partial charge in [0.15, 0.2) is 0 Å². The van der Waals surface area contributed by atoms with Crippen molar-refractivity contribution in [2.45, 2.75) is 64.3 Å². The molecule has 5 heteroatoms. The summed E-state index contributed by atoms with van der Waals surface area (Å²) in [6.07, 6.45) is 7.77. The first-order valence-electron chi connectivity index (χ1n) is 6.55. The van der Waals surface area contributed by atoms with Crippen LogP contribution in [0.3, 0.4) is 0 Å². The normalized spacial score (nSPS) is 11.8. The Morgan fingerprint density at radius 2 is 1.83 bits per heavy atom. The van der Waals surface area contributed by atoms with Gasteiger partial charge in [0.25, 0.3) is 0 Å². The van der Waals surface area contributed by atoms with Crippen LogP contribution in [0.5, 0.6) is 0 Å². The maximum Gasteiger partial charge on any atom is 0.222 e. The summed E-state index contributed by atoms with van der Waals surface area (Å²) in [4.78, 5) is 32.6. The number of carbonyl (C=O) groups is 2. The lowest BCUT2D eigenvalue weighted by atomic mass is 10.1. The van der Waals surface area contributed by atoms with Gasteiger partial charge in [-0.1, -0.05) is 32.6 Å². The second kappa shape index (κ2) is 10.7. The summed E-state index contributed by atoms with van der Waals surface area (Å²) in [5, 5.41) is 2.54. The smallest absolute Gasteiger partial charge is 0.222 e. The zero-order valence-electron chi connectivity index (χ0n) is 11.0. The Morgan fingerprint density at radius 3 is 2.39 bits per heavy atom. The molecule has 0 rings (SSSR count). The predicted molar refractivity (Wildman–Crippen MR) is 69.4 cm³/mol. The summed E-state index contributed by atoms with van der Waals surface area (Å²) in [7, 11) is 0. The molecule has 0 saturated heterocycles. The molecule has 3 N–H and O–H groups in total. The van der Waals surface area contributed by atoms with Crippen LogP contribution in [0.1, 0.15) is 58.3 Å². The van der Waals surface area contributed by atoms with Gasteiger partial charge in [0.2, 0.25) is 18.1 Å². The van der Waals surface area contributed by atoms with Crippen LogP contribution in [0.2, 0.25) is 0 Å². The van der Waals surface area contributed by atoms with Crippen molar-refractivity contribution in [3.63, 3.8) is 0 Å². The number of hydrogen-bond acceptors (Lipinski definition) is 3. The molecule has 0 unspecified atom stereocenters. The summed E-state index contributed by atoms with van der Waals surface area (Å²) in [6, 6.07) is -0.722. The van der Waals surface area contributed by atoms with E-state index in [0.717, 1.165) is 19.3 Å². The molecule has 0 aliphatic rings. The highest BCUT2D eigenvalue weighted by molar-refractivity contribution is 5.80. The second-order valence-corrected chi connectivity index (χ2v) is 4.41. The summed E-state index contributed by atoms with van der Waals surface area (Å²) in [5.41, 5.74) is 4.97. The summed E-state index contributed by atoms with van der Waals surface area (Å²) in [6.45, 7) is 2.13. The fraction of sp³-hybridized carbons (Fsp3) is 0.769. The van der Waals surface area contributed by atoms with E-state index in [2.05, 4.69) is 12.2 Å². The van der Waals surface area contributed by atoms with Crippen LogP contribution in [-0.4, -0.2) is 24.1 Å². The second-order valence-electron chi connectivity index (χ2n) is 4.41. The van der Waals surface area contributed by atoms with E-state index in [-0.39, 0.29) is 18.7 Å². The summed E-state index contributed by atoms with van der Waals surface area (Å²) in [5.74, 6) is -0.645. The van der Waals surface area contributed by atoms with E-state index >= 15 is 0 Å². The molecule has 0 saturated carbocycles. The molecule has 0 aromatic carbocycles. The highest BCUT2D eigenvalue weighted by atomic mass is 16.2. The average molecular weight is 255 g/mol. The van der Waals surface area contributed by atoms with Crippen molar-refractivity contribution in [1.29, 1.82) is 0 Å². The van der Waals surface area contributed by atoms with Crippen LogP contribution in [-0.2, 0) is 14.4 Å². The van der Waals surface area contributed by atoms with Gasteiger partial charge in [-0.25, -0.2) is 0 Å². The van der Waals surface area contributed by atoms with Gasteiger partial charge >= 0.3 is 0 Å². The number of unbranched alkanes of at least 4 members (excludes halogenated alkanes) is 4. The lowest BCUT2D eigenvalue weighted by Gasteiger charge is -2.10. The quantitative estimate of drug-likeness (QED) is 0.544. The minimum atomic E-state index is -0.722. The molecule has 0 aliphatic carbocycles. The first-order chi connectivity index (χ1) is 8.60. The Bertz CT molecular complexity index is 267. The van der Waals surface area contributed by atoms with E-state index in [1.54, 1.807) is 6.29 Å². The highest BCUT2D eigenvalue weighted by Gasteiger charge is 2.12. The molecule has 0 heterocycles. The average Bonchev–Trinajstić information content (AvgIpc) is 2.34. The molecule has 0 aromatic rings. The molecule has 0 fully saturated rings. The highest BCUT2D eigenvalue weighted by Crippen LogP contribution is 2.05. The molecule has 1 radical (unpaired) electrons. The zero-order chi connectivity index (χ0) is 13.8. The van der Waals surface area contributed by atoms with Gasteiger partial charge in [-0.15, -0.1) is 0 Å². The van der Waals surface area contributed by atoms with Gasteiger partial charge in [-0.05, 0) is 12.8 Å². The van der Waals surface area contributed by atoms with E-state index in [4.69, 9.17) is 5.73 Å². The maximum absolute atomic E-state index is 11.5. The zero-order valence-corrected chi connectivity index (χ0v) is 11.0. The monoisotopic (exact) mass is 255 g/mol. The van der Waals surface area contributed by atoms with Crippen molar-refractivity contribution in [3.05, 3.63) is 0 Å². The first kappa shape index (κ1) is 16.6. The van der Waals surface area contributed by atoms with E-state index in [1.807, 2.05) is 0 Å². The third kappa shape index (κ3) is 9.81. The van der Waals surface area contributed by atoms with E-state index in [1.165, 1.54) is 12.8 Å². The van der Waals surface area contributed by atoms with Crippen molar-refractivity contribution < 1.29 is 14.4 Å². The van der Waals surface area contributed by atoms with Gasteiger partial charge in [0.1, 0.15) is 0 Å². The molecule has 0 bridgehead atoms. The van der Waals surface area contributed by atoms with Gasteiger partial charge < -0.3 is 11.1 Å². The Labute approximate surface area is 108 Å². The third-order valence-corrected chi connectivity index (χ3v) is 2.66. The standard InChI is InChI=1S/C13H23N2O3/c1-2-3-4-5-6-7-13(18)15-11(10-16)8-9-12(14)17/h11H,2-9H2,1H3,(H2,14,17)(H,15,18)/t11-/m1/s1. The molecule has 0 aromatic heterocycles. The molecule has 0 aliphatic heterocycles. The minimum absolute atomic E-state index is 0.0800. The molecule has 2 amide bonds. The first-order valence-corrected chi connectivity index (χ1v) is 6.55. The van der Waals surface area contributed by atoms with E-state index < -0.39 is 11.9 Å². The van der Waals surface area contributed by atoms with Gasteiger partial charge in [-0.2, -0.15) is 0 Å². The Kier molecular flexibility index (Phi) is 9.91. The third-order valence-electron chi connectivity index (χ3n) is 2.66. The van der Waals surface area contributed by atoms with Crippen LogP contribution in [0, 0.1) is 0 Å². The van der Waals surface area contributed by atoms with E-state index in [9.17, 15) is 14.4 Å².